The molecule has 0 bridgehead atoms. The van der Waals surface area contributed by atoms with E-state index < -0.39 is 0 Å². The van der Waals surface area contributed by atoms with Crippen molar-refractivity contribution in [1.29, 1.82) is 5.26 Å². The second kappa shape index (κ2) is 3.81. The van der Waals surface area contributed by atoms with Crippen molar-refractivity contribution in [2.45, 2.75) is 6.92 Å². The minimum atomic E-state index is 0.889. The molecule has 3 nitrogen and oxygen atoms in total. The molecule has 0 saturated carbocycles. The fraction of sp³-hybridized carbons (Fsp3) is 0.300. The minimum Gasteiger partial charge on any atom is -0.492 e. The number of nitrogens with zero attached hydrogens (tertiary/aromatic N) is 1. The number of hydrogen-bond acceptors (Lipinski definition) is 3. The molecule has 3 heteroatoms. The lowest BCUT2D eigenvalue weighted by molar-refractivity contribution is 0.349. The molecule has 2 rings (SSSR count). The molecule has 13 heavy (non-hydrogen) atoms. The first-order chi connectivity index (χ1) is 6.29. The Morgan fingerprint density at radius 1 is 1.08 bits per heavy atom. The predicted octanol–water partition coefficient (Wildman–Crippen LogP) is 2.21. The molecule has 0 aromatic rings. The fourth-order valence-corrected chi connectivity index (χ4v) is 1.23. The van der Waals surface area contributed by atoms with Crippen molar-refractivity contribution in [3.05, 3.63) is 12.1 Å². The van der Waals surface area contributed by atoms with Gasteiger partial charge in [0.15, 0.2) is 11.5 Å². The first kappa shape index (κ1) is 9.40. The van der Waals surface area contributed by atoms with E-state index in [1.54, 1.807) is 20.3 Å². The van der Waals surface area contributed by atoms with Gasteiger partial charge >= 0.3 is 0 Å². The monoisotopic (exact) mass is 177 g/mol. The van der Waals surface area contributed by atoms with Crippen LogP contribution in [-0.4, -0.2) is 14.2 Å². The zero-order valence-corrected chi connectivity index (χ0v) is 7.92. The summed E-state index contributed by atoms with van der Waals surface area (Å²) in [4.78, 5) is 0. The highest BCUT2D eigenvalue weighted by molar-refractivity contribution is 5.93. The van der Waals surface area contributed by atoms with Gasteiger partial charge < -0.3 is 9.47 Å². The molecule has 0 spiro atoms. The van der Waals surface area contributed by atoms with Crippen LogP contribution in [0.25, 0.3) is 11.1 Å². The third kappa shape index (κ3) is 1.31. The number of ether oxygens (including phenoxy) is 2. The third-order valence-electron chi connectivity index (χ3n) is 1.81. The highest BCUT2D eigenvalue weighted by atomic mass is 16.5. The molecule has 68 valence electrons. The van der Waals surface area contributed by atoms with Crippen LogP contribution in [0.4, 0.5) is 0 Å². The summed E-state index contributed by atoms with van der Waals surface area (Å²) in [5, 5.41) is 7.32. The Hall–Kier alpha value is -1.69. The van der Waals surface area contributed by atoms with Crippen molar-refractivity contribution in [2.75, 3.05) is 14.2 Å². The van der Waals surface area contributed by atoms with Crippen LogP contribution in [0.3, 0.4) is 0 Å². The van der Waals surface area contributed by atoms with E-state index in [4.69, 9.17) is 14.7 Å². The maximum Gasteiger partial charge on any atom is 0.169 e. The van der Waals surface area contributed by atoms with E-state index in [0.717, 1.165) is 11.5 Å². The molecule has 0 aromatic carbocycles. The third-order valence-corrected chi connectivity index (χ3v) is 1.81. The van der Waals surface area contributed by atoms with Crippen LogP contribution < -0.4 is 9.47 Å². The maximum absolute atomic E-state index is 7.32. The lowest BCUT2D eigenvalue weighted by atomic mass is 9.90. The topological polar surface area (TPSA) is 42.2 Å². The van der Waals surface area contributed by atoms with Crippen LogP contribution in [0, 0.1) is 11.3 Å². The van der Waals surface area contributed by atoms with Gasteiger partial charge in [-0.05, 0) is 12.1 Å². The molecule has 0 heterocycles. The summed E-state index contributed by atoms with van der Waals surface area (Å²) in [5.41, 5.74) is 2.39. The van der Waals surface area contributed by atoms with E-state index in [1.165, 1.54) is 18.1 Å². The number of rotatable bonds is 2. The lowest BCUT2D eigenvalue weighted by Gasteiger charge is -2.24. The Kier molecular flexibility index (Phi) is 2.76. The summed E-state index contributed by atoms with van der Waals surface area (Å²) in [6, 6.07) is 5.80. The first-order valence-corrected chi connectivity index (χ1v) is 3.86. The molecular formula is C10H11NO2. The van der Waals surface area contributed by atoms with Gasteiger partial charge in [-0.1, -0.05) is 0 Å². The van der Waals surface area contributed by atoms with E-state index in [2.05, 4.69) is 0 Å². The molecule has 0 saturated heterocycles. The SMILES string of the molecule is CC#N.COc1c2ccc-2c1OC. The van der Waals surface area contributed by atoms with Gasteiger partial charge in [0.1, 0.15) is 0 Å². The molecular weight excluding hydrogens is 166 g/mol. The van der Waals surface area contributed by atoms with Crippen molar-refractivity contribution >= 4 is 0 Å². The molecule has 0 N–H and O–H groups in total. The smallest absolute Gasteiger partial charge is 0.169 e. The standard InChI is InChI=1S/C8H8O2.C2H3N/c1-9-7-5-3-4-6(5)8(7)10-2;1-2-3/h3-4H,1-2H3;1H3. The Balaban J connectivity index is 0.000000251. The number of hydrogen-bond donors (Lipinski definition) is 0. The number of nitriles is 1. The molecule has 0 unspecified atom stereocenters. The second-order valence-electron chi connectivity index (χ2n) is 2.45. The van der Waals surface area contributed by atoms with Gasteiger partial charge in [0.2, 0.25) is 0 Å². The van der Waals surface area contributed by atoms with E-state index in [9.17, 15) is 0 Å². The molecule has 0 amide bonds. The Bertz CT molecular complexity index is 324. The summed E-state index contributed by atoms with van der Waals surface area (Å²) in [6.07, 6.45) is 0. The Labute approximate surface area is 77.5 Å². The average Bonchev–Trinajstić information content (AvgIpc) is 2.09. The summed E-state index contributed by atoms with van der Waals surface area (Å²) in [5.74, 6) is 1.78. The summed E-state index contributed by atoms with van der Waals surface area (Å²) in [7, 11) is 3.31. The lowest BCUT2D eigenvalue weighted by Crippen LogP contribution is -2.03. The molecule has 2 aliphatic rings. The van der Waals surface area contributed by atoms with Gasteiger partial charge in [0, 0.05) is 18.1 Å². The van der Waals surface area contributed by atoms with Crippen molar-refractivity contribution in [3.63, 3.8) is 0 Å². The highest BCUT2D eigenvalue weighted by Crippen LogP contribution is 2.54. The predicted molar refractivity (Wildman–Crippen MR) is 49.8 cm³/mol. The van der Waals surface area contributed by atoms with Crippen molar-refractivity contribution in [3.8, 4) is 28.7 Å². The molecule has 0 radical (unpaired) electrons. The zero-order chi connectivity index (χ0) is 9.84. The molecule has 0 aliphatic heterocycles. The Morgan fingerprint density at radius 3 is 1.54 bits per heavy atom. The molecule has 0 fully saturated rings. The average molecular weight is 177 g/mol. The van der Waals surface area contributed by atoms with Gasteiger partial charge in [-0.2, -0.15) is 5.26 Å². The largest absolute Gasteiger partial charge is 0.492 e. The molecule has 2 aliphatic carbocycles. The van der Waals surface area contributed by atoms with Crippen LogP contribution in [0.5, 0.6) is 11.5 Å². The quantitative estimate of drug-likeness (QED) is 0.706. The van der Waals surface area contributed by atoms with Gasteiger partial charge in [-0.3, -0.25) is 0 Å². The van der Waals surface area contributed by atoms with Crippen LogP contribution in [0.1, 0.15) is 6.92 Å². The summed E-state index contributed by atoms with van der Waals surface area (Å²) in [6.45, 7) is 1.43. The summed E-state index contributed by atoms with van der Waals surface area (Å²) < 4.78 is 10.1. The minimum absolute atomic E-state index is 0.889. The van der Waals surface area contributed by atoms with Crippen LogP contribution in [0.15, 0.2) is 12.1 Å². The Morgan fingerprint density at radius 2 is 1.38 bits per heavy atom. The van der Waals surface area contributed by atoms with Gasteiger partial charge in [-0.15, -0.1) is 0 Å². The van der Waals surface area contributed by atoms with Crippen molar-refractivity contribution in [2.24, 2.45) is 0 Å². The van der Waals surface area contributed by atoms with Crippen LogP contribution in [-0.2, 0) is 0 Å². The molecule has 0 atom stereocenters. The summed E-state index contributed by atoms with van der Waals surface area (Å²) >= 11 is 0. The maximum atomic E-state index is 7.32. The number of methoxy groups -OCH3 is 2. The normalized spacial score (nSPS) is 9.08. The number of fused-ring (bicyclic) bond motifs is 1. The first-order valence-electron chi connectivity index (χ1n) is 3.86. The second-order valence-corrected chi connectivity index (χ2v) is 2.45. The van der Waals surface area contributed by atoms with E-state index in [1.807, 2.05) is 12.1 Å². The van der Waals surface area contributed by atoms with Gasteiger partial charge in [-0.25, -0.2) is 0 Å². The highest BCUT2D eigenvalue weighted by Gasteiger charge is 2.27. The van der Waals surface area contributed by atoms with E-state index >= 15 is 0 Å². The van der Waals surface area contributed by atoms with Gasteiger partial charge in [0.05, 0.1) is 20.3 Å². The number of benzene rings is 1. The van der Waals surface area contributed by atoms with E-state index in [-0.39, 0.29) is 0 Å². The van der Waals surface area contributed by atoms with E-state index in [0.29, 0.717) is 0 Å². The van der Waals surface area contributed by atoms with Crippen molar-refractivity contribution < 1.29 is 9.47 Å². The fourth-order valence-electron chi connectivity index (χ4n) is 1.23. The zero-order valence-electron chi connectivity index (χ0n) is 7.92. The van der Waals surface area contributed by atoms with Gasteiger partial charge in [0.25, 0.3) is 0 Å². The van der Waals surface area contributed by atoms with Crippen LogP contribution >= 0.6 is 0 Å². The van der Waals surface area contributed by atoms with Crippen molar-refractivity contribution in [1.82, 2.24) is 0 Å². The van der Waals surface area contributed by atoms with Crippen LogP contribution in [0.2, 0.25) is 0 Å². The molecule has 0 aromatic heterocycles.